The van der Waals surface area contributed by atoms with Crippen LogP contribution in [0, 0.1) is 0 Å². The lowest BCUT2D eigenvalue weighted by Crippen LogP contribution is -3.16. The molecule has 2 fully saturated rings. The molecule has 0 saturated carbocycles. The molecule has 0 radical (unpaired) electrons. The lowest BCUT2D eigenvalue weighted by molar-refractivity contribution is -0.895. The Kier molecular flexibility index (Phi) is 6.56. The summed E-state index contributed by atoms with van der Waals surface area (Å²) in [5.41, 5.74) is 0.735. The van der Waals surface area contributed by atoms with Crippen LogP contribution in [0.15, 0.2) is 30.3 Å². The number of rotatable bonds is 5. The van der Waals surface area contributed by atoms with E-state index in [0.717, 1.165) is 10.6 Å². The molecule has 154 valence electrons. The van der Waals surface area contributed by atoms with Gasteiger partial charge < -0.3 is 14.5 Å². The fourth-order valence-electron chi connectivity index (χ4n) is 3.82. The summed E-state index contributed by atoms with van der Waals surface area (Å²) in [5, 5.41) is 0. The maximum atomic E-state index is 13.1. The highest BCUT2D eigenvalue weighted by atomic mass is 32.2. The molecule has 0 bridgehead atoms. The predicted octanol–water partition coefficient (Wildman–Crippen LogP) is -0.436. The molecule has 2 amide bonds. The molecule has 0 spiro atoms. The minimum atomic E-state index is -3.10. The Morgan fingerprint density at radius 3 is 2.46 bits per heavy atom. The quantitative estimate of drug-likeness (QED) is 0.711. The Bertz CT molecular complexity index is 791. The first-order valence-electron chi connectivity index (χ1n) is 9.72. The second-order valence-electron chi connectivity index (χ2n) is 7.27. The van der Waals surface area contributed by atoms with E-state index in [-0.39, 0.29) is 36.1 Å². The van der Waals surface area contributed by atoms with Gasteiger partial charge in [0, 0.05) is 5.69 Å². The average molecular weight is 411 g/mol. The van der Waals surface area contributed by atoms with E-state index in [1.54, 1.807) is 16.7 Å². The van der Waals surface area contributed by atoms with E-state index < -0.39 is 9.84 Å². The van der Waals surface area contributed by atoms with Crippen molar-refractivity contribution < 1.29 is 27.6 Å². The van der Waals surface area contributed by atoms with Crippen molar-refractivity contribution >= 4 is 27.5 Å². The van der Waals surface area contributed by atoms with Crippen molar-refractivity contribution in [2.24, 2.45) is 0 Å². The SMILES string of the molecule is CCOC(=O)N1CC[NH+](CC(=O)N(c2ccccc2)[C@@H]2CCS(=O)(=O)C2)CC1. The highest BCUT2D eigenvalue weighted by Crippen LogP contribution is 2.24. The molecule has 0 unspecified atom stereocenters. The molecule has 0 aliphatic carbocycles. The highest BCUT2D eigenvalue weighted by molar-refractivity contribution is 7.91. The van der Waals surface area contributed by atoms with E-state index in [2.05, 4.69) is 0 Å². The third-order valence-corrected chi connectivity index (χ3v) is 7.02. The van der Waals surface area contributed by atoms with Crippen molar-refractivity contribution in [3.8, 4) is 0 Å². The first-order chi connectivity index (χ1) is 13.4. The molecular weight excluding hydrogens is 382 g/mol. The molecule has 8 nitrogen and oxygen atoms in total. The number of hydrogen-bond acceptors (Lipinski definition) is 5. The fourth-order valence-corrected chi connectivity index (χ4v) is 5.52. The zero-order chi connectivity index (χ0) is 20.1. The van der Waals surface area contributed by atoms with Gasteiger partial charge in [-0.25, -0.2) is 13.2 Å². The van der Waals surface area contributed by atoms with Crippen molar-refractivity contribution in [2.45, 2.75) is 19.4 Å². The second kappa shape index (κ2) is 8.91. The molecule has 3 rings (SSSR count). The average Bonchev–Trinajstić information content (AvgIpc) is 3.03. The van der Waals surface area contributed by atoms with Crippen molar-refractivity contribution in [3.05, 3.63) is 30.3 Å². The van der Waals surface area contributed by atoms with E-state index in [1.807, 2.05) is 30.3 Å². The summed E-state index contributed by atoms with van der Waals surface area (Å²) in [5.74, 6) is 0.0618. The van der Waals surface area contributed by atoms with E-state index in [9.17, 15) is 18.0 Å². The largest absolute Gasteiger partial charge is 0.450 e. The van der Waals surface area contributed by atoms with Crippen molar-refractivity contribution in [3.63, 3.8) is 0 Å². The minimum absolute atomic E-state index is 0.0135. The molecule has 1 N–H and O–H groups in total. The molecule has 2 heterocycles. The van der Waals surface area contributed by atoms with Crippen LogP contribution in [0.3, 0.4) is 0 Å². The summed E-state index contributed by atoms with van der Waals surface area (Å²) < 4.78 is 28.9. The Labute approximate surface area is 166 Å². The van der Waals surface area contributed by atoms with Crippen LogP contribution in [-0.4, -0.2) is 82.2 Å². The molecule has 1 aromatic carbocycles. The number of hydrogen-bond donors (Lipinski definition) is 1. The Hall–Kier alpha value is -2.13. The van der Waals surface area contributed by atoms with Gasteiger partial charge in [0.25, 0.3) is 5.91 Å². The van der Waals surface area contributed by atoms with Crippen LogP contribution in [0.4, 0.5) is 10.5 Å². The van der Waals surface area contributed by atoms with Gasteiger partial charge in [0.05, 0.1) is 50.3 Å². The lowest BCUT2D eigenvalue weighted by atomic mass is 10.1. The number of piperazine rings is 1. The molecule has 2 saturated heterocycles. The van der Waals surface area contributed by atoms with Crippen LogP contribution in [0.2, 0.25) is 0 Å². The maximum Gasteiger partial charge on any atom is 0.410 e. The second-order valence-corrected chi connectivity index (χ2v) is 9.50. The number of anilines is 1. The number of ether oxygens (including phenoxy) is 1. The summed E-state index contributed by atoms with van der Waals surface area (Å²) in [7, 11) is -3.10. The number of nitrogens with zero attached hydrogens (tertiary/aromatic N) is 2. The number of nitrogens with one attached hydrogen (secondary N) is 1. The first-order valence-corrected chi connectivity index (χ1v) is 11.5. The molecule has 0 aromatic heterocycles. The summed E-state index contributed by atoms with van der Waals surface area (Å²) in [6.45, 7) is 4.82. The minimum Gasteiger partial charge on any atom is -0.450 e. The van der Waals surface area contributed by atoms with Gasteiger partial charge >= 0.3 is 6.09 Å². The number of amides is 2. The number of benzene rings is 1. The fraction of sp³-hybridized carbons (Fsp3) is 0.579. The van der Waals surface area contributed by atoms with Gasteiger partial charge in [-0.2, -0.15) is 0 Å². The molecular formula is C19H28N3O5S+. The zero-order valence-corrected chi connectivity index (χ0v) is 17.0. The Morgan fingerprint density at radius 2 is 1.89 bits per heavy atom. The van der Waals surface area contributed by atoms with Gasteiger partial charge in [0.2, 0.25) is 0 Å². The monoisotopic (exact) mass is 410 g/mol. The van der Waals surface area contributed by atoms with E-state index in [0.29, 0.717) is 39.2 Å². The smallest absolute Gasteiger partial charge is 0.410 e. The Morgan fingerprint density at radius 1 is 1.21 bits per heavy atom. The first kappa shape index (κ1) is 20.6. The Balaban J connectivity index is 1.65. The van der Waals surface area contributed by atoms with Gasteiger partial charge in [0.15, 0.2) is 16.4 Å². The molecule has 9 heteroatoms. The van der Waals surface area contributed by atoms with Crippen LogP contribution in [0.5, 0.6) is 0 Å². The molecule has 2 aliphatic heterocycles. The standard InChI is InChI=1S/C19H27N3O5S/c1-2-27-19(24)21-11-9-20(10-12-21)14-18(23)22(16-6-4-3-5-7-16)17-8-13-28(25,26)15-17/h3-7,17H,2,8-15H2,1H3/p+1/t17-/m1/s1. The van der Waals surface area contributed by atoms with Gasteiger partial charge in [-0.15, -0.1) is 0 Å². The molecule has 28 heavy (non-hydrogen) atoms. The van der Waals surface area contributed by atoms with E-state index in [1.165, 1.54) is 0 Å². The normalized spacial score (nSPS) is 22.0. The van der Waals surface area contributed by atoms with Gasteiger partial charge in [-0.05, 0) is 25.5 Å². The van der Waals surface area contributed by atoms with Gasteiger partial charge in [-0.1, -0.05) is 18.2 Å². The van der Waals surface area contributed by atoms with Crippen LogP contribution >= 0.6 is 0 Å². The summed E-state index contributed by atoms with van der Waals surface area (Å²) in [4.78, 5) is 29.4. The predicted molar refractivity (Wildman–Crippen MR) is 105 cm³/mol. The maximum absolute atomic E-state index is 13.1. The highest BCUT2D eigenvalue weighted by Gasteiger charge is 2.37. The number of sulfone groups is 1. The van der Waals surface area contributed by atoms with Crippen LogP contribution < -0.4 is 9.80 Å². The lowest BCUT2D eigenvalue weighted by Gasteiger charge is -2.33. The van der Waals surface area contributed by atoms with Crippen molar-refractivity contribution in [1.82, 2.24) is 4.90 Å². The van der Waals surface area contributed by atoms with E-state index in [4.69, 9.17) is 4.74 Å². The van der Waals surface area contributed by atoms with Crippen LogP contribution in [0.25, 0.3) is 0 Å². The summed E-state index contributed by atoms with van der Waals surface area (Å²) in [6, 6.07) is 8.94. The summed E-state index contributed by atoms with van der Waals surface area (Å²) in [6.07, 6.45) is 0.157. The number of quaternary nitrogens is 1. The molecule has 1 aromatic rings. The number of para-hydroxylation sites is 1. The van der Waals surface area contributed by atoms with Crippen LogP contribution in [0.1, 0.15) is 13.3 Å². The van der Waals surface area contributed by atoms with E-state index >= 15 is 0 Å². The van der Waals surface area contributed by atoms with Crippen molar-refractivity contribution in [2.75, 3.05) is 55.7 Å². The topological polar surface area (TPSA) is 88.4 Å². The number of carbonyl (C=O) groups is 2. The number of carbonyl (C=O) groups excluding carboxylic acids is 2. The third-order valence-electron chi connectivity index (χ3n) is 5.27. The zero-order valence-electron chi connectivity index (χ0n) is 16.2. The molecule has 1 atom stereocenters. The molecule has 2 aliphatic rings. The third kappa shape index (κ3) is 5.02. The van der Waals surface area contributed by atoms with Gasteiger partial charge in [0.1, 0.15) is 0 Å². The summed E-state index contributed by atoms with van der Waals surface area (Å²) >= 11 is 0. The van der Waals surface area contributed by atoms with Gasteiger partial charge in [-0.3, -0.25) is 9.69 Å². The van der Waals surface area contributed by atoms with Crippen LogP contribution in [-0.2, 0) is 19.4 Å². The van der Waals surface area contributed by atoms with Crippen molar-refractivity contribution in [1.29, 1.82) is 0 Å².